The van der Waals surface area contributed by atoms with Crippen molar-refractivity contribution in [2.75, 3.05) is 19.8 Å². The van der Waals surface area contributed by atoms with Crippen molar-refractivity contribution < 1.29 is 14.2 Å². The maximum Gasteiger partial charge on any atom is 0.181 e. The first-order valence-electron chi connectivity index (χ1n) is 5.35. The first-order valence-corrected chi connectivity index (χ1v) is 5.35. The van der Waals surface area contributed by atoms with Crippen LogP contribution in [0.2, 0.25) is 0 Å². The molecule has 0 radical (unpaired) electrons. The summed E-state index contributed by atoms with van der Waals surface area (Å²) in [6.45, 7) is 5.71. The summed E-state index contributed by atoms with van der Waals surface area (Å²) in [5, 5.41) is 0. The van der Waals surface area contributed by atoms with Gasteiger partial charge in [0.25, 0.3) is 0 Å². The van der Waals surface area contributed by atoms with Crippen molar-refractivity contribution in [1.82, 2.24) is 5.43 Å². The van der Waals surface area contributed by atoms with Crippen LogP contribution in [-0.2, 0) is 14.2 Å². The largest absolute Gasteiger partial charge is 0.496 e. The van der Waals surface area contributed by atoms with Crippen molar-refractivity contribution in [2.45, 2.75) is 32.6 Å². The third-order valence-electron chi connectivity index (χ3n) is 2.15. The van der Waals surface area contributed by atoms with Crippen LogP contribution in [0.4, 0.5) is 0 Å². The Labute approximate surface area is 90.5 Å². The van der Waals surface area contributed by atoms with Crippen LogP contribution < -0.4 is 11.3 Å². The highest BCUT2D eigenvalue weighted by atomic mass is 16.7. The van der Waals surface area contributed by atoms with Gasteiger partial charge in [-0.15, -0.1) is 0 Å². The quantitative estimate of drug-likeness (QED) is 0.369. The van der Waals surface area contributed by atoms with Crippen molar-refractivity contribution in [3.05, 3.63) is 11.8 Å². The minimum absolute atomic E-state index is 0.229. The third-order valence-corrected chi connectivity index (χ3v) is 2.15. The lowest BCUT2D eigenvalue weighted by Gasteiger charge is -2.26. The van der Waals surface area contributed by atoms with Crippen molar-refractivity contribution in [3.63, 3.8) is 0 Å². The van der Waals surface area contributed by atoms with Crippen molar-refractivity contribution in [1.29, 1.82) is 0 Å². The summed E-state index contributed by atoms with van der Waals surface area (Å²) in [4.78, 5) is 0. The molecule has 88 valence electrons. The monoisotopic (exact) mass is 216 g/mol. The molecule has 0 aromatic rings. The van der Waals surface area contributed by atoms with Crippen LogP contribution in [0.5, 0.6) is 0 Å². The van der Waals surface area contributed by atoms with E-state index in [1.165, 1.54) is 0 Å². The minimum atomic E-state index is -0.394. The Balaban J connectivity index is 2.59. The van der Waals surface area contributed by atoms with E-state index in [0.717, 1.165) is 12.2 Å². The molecule has 0 saturated heterocycles. The van der Waals surface area contributed by atoms with Gasteiger partial charge in [0.05, 0.1) is 6.61 Å². The number of ether oxygens (including phenoxy) is 3. The summed E-state index contributed by atoms with van der Waals surface area (Å²) in [6, 6.07) is -0.229. The van der Waals surface area contributed by atoms with Crippen LogP contribution in [0.15, 0.2) is 11.8 Å². The Hall–Kier alpha value is -0.620. The fraction of sp³-hybridized carbons (Fsp3) is 0.800. The number of hydrogen-bond acceptors (Lipinski definition) is 5. The van der Waals surface area contributed by atoms with Gasteiger partial charge in [-0.05, 0) is 19.9 Å². The first kappa shape index (κ1) is 12.4. The van der Waals surface area contributed by atoms with Gasteiger partial charge in [-0.2, -0.15) is 0 Å². The number of nitrogens with one attached hydrogen (secondary N) is 1. The highest BCUT2D eigenvalue weighted by Gasteiger charge is 2.27. The highest BCUT2D eigenvalue weighted by Crippen LogP contribution is 2.17. The van der Waals surface area contributed by atoms with Gasteiger partial charge in [0.15, 0.2) is 6.29 Å². The van der Waals surface area contributed by atoms with E-state index in [0.29, 0.717) is 19.8 Å². The molecule has 5 heteroatoms. The average molecular weight is 216 g/mol. The average Bonchev–Trinajstić information content (AvgIpc) is 2.73. The molecule has 0 amide bonds. The van der Waals surface area contributed by atoms with E-state index < -0.39 is 6.29 Å². The normalized spacial score (nSPS) is 17.7. The van der Waals surface area contributed by atoms with E-state index in [1.807, 2.05) is 19.9 Å². The van der Waals surface area contributed by atoms with E-state index in [4.69, 9.17) is 20.1 Å². The molecule has 0 aromatic carbocycles. The number of hydrogen-bond donors (Lipinski definition) is 2. The van der Waals surface area contributed by atoms with Crippen LogP contribution in [0.25, 0.3) is 0 Å². The zero-order chi connectivity index (χ0) is 11.1. The molecule has 1 aliphatic rings. The predicted molar refractivity (Wildman–Crippen MR) is 56.8 cm³/mol. The summed E-state index contributed by atoms with van der Waals surface area (Å²) in [7, 11) is 0. The van der Waals surface area contributed by atoms with Gasteiger partial charge in [0, 0.05) is 19.6 Å². The molecule has 1 aliphatic heterocycles. The van der Waals surface area contributed by atoms with Gasteiger partial charge < -0.3 is 14.2 Å². The van der Waals surface area contributed by atoms with E-state index in [1.54, 1.807) is 0 Å². The summed E-state index contributed by atoms with van der Waals surface area (Å²) in [5.41, 5.74) is 2.67. The third kappa shape index (κ3) is 3.46. The van der Waals surface area contributed by atoms with E-state index >= 15 is 0 Å². The molecule has 1 unspecified atom stereocenters. The van der Waals surface area contributed by atoms with Gasteiger partial charge in [-0.25, -0.2) is 5.43 Å². The fourth-order valence-corrected chi connectivity index (χ4v) is 1.52. The molecule has 1 heterocycles. The molecule has 5 nitrogen and oxygen atoms in total. The molecule has 0 aromatic heterocycles. The van der Waals surface area contributed by atoms with Crippen molar-refractivity contribution in [2.24, 2.45) is 5.84 Å². The Morgan fingerprint density at radius 2 is 2.13 bits per heavy atom. The van der Waals surface area contributed by atoms with Gasteiger partial charge in [-0.3, -0.25) is 5.84 Å². The molecule has 0 saturated carbocycles. The van der Waals surface area contributed by atoms with E-state index in [2.05, 4.69) is 5.43 Å². The molecule has 1 atom stereocenters. The maximum absolute atomic E-state index is 5.48. The summed E-state index contributed by atoms with van der Waals surface area (Å²) >= 11 is 0. The Morgan fingerprint density at radius 3 is 2.53 bits per heavy atom. The second-order valence-electron chi connectivity index (χ2n) is 3.17. The lowest BCUT2D eigenvalue weighted by atomic mass is 10.2. The maximum atomic E-state index is 5.48. The predicted octanol–water partition coefficient (Wildman–Crippen LogP) is 0.522. The SMILES string of the molecule is CCOC(OCC)C(NN)C1=CCCO1. The van der Waals surface area contributed by atoms with Gasteiger partial charge in [0.1, 0.15) is 11.8 Å². The van der Waals surface area contributed by atoms with E-state index in [-0.39, 0.29) is 6.04 Å². The Kier molecular flexibility index (Phi) is 5.63. The van der Waals surface area contributed by atoms with Crippen molar-refractivity contribution in [3.8, 4) is 0 Å². The van der Waals surface area contributed by atoms with Crippen LogP contribution in [0.3, 0.4) is 0 Å². The number of rotatable bonds is 7. The molecule has 3 N–H and O–H groups in total. The Bertz CT molecular complexity index is 203. The number of hydrazine groups is 1. The Morgan fingerprint density at radius 1 is 1.47 bits per heavy atom. The summed E-state index contributed by atoms with van der Waals surface area (Å²) in [6.07, 6.45) is 2.53. The van der Waals surface area contributed by atoms with Gasteiger partial charge >= 0.3 is 0 Å². The van der Waals surface area contributed by atoms with Gasteiger partial charge in [0.2, 0.25) is 0 Å². The molecule has 15 heavy (non-hydrogen) atoms. The second kappa shape index (κ2) is 6.79. The first-order chi connectivity index (χ1) is 7.33. The lowest BCUT2D eigenvalue weighted by Crippen LogP contribution is -2.48. The van der Waals surface area contributed by atoms with Gasteiger partial charge in [-0.1, -0.05) is 0 Å². The molecule has 0 bridgehead atoms. The van der Waals surface area contributed by atoms with E-state index in [9.17, 15) is 0 Å². The zero-order valence-electron chi connectivity index (χ0n) is 9.36. The fourth-order valence-electron chi connectivity index (χ4n) is 1.52. The van der Waals surface area contributed by atoms with Crippen LogP contribution in [-0.4, -0.2) is 32.2 Å². The van der Waals surface area contributed by atoms with Crippen LogP contribution >= 0.6 is 0 Å². The summed E-state index contributed by atoms with van der Waals surface area (Å²) in [5.74, 6) is 6.29. The minimum Gasteiger partial charge on any atom is -0.496 e. The molecule has 0 fully saturated rings. The lowest BCUT2D eigenvalue weighted by molar-refractivity contribution is -0.153. The molecule has 0 aliphatic carbocycles. The van der Waals surface area contributed by atoms with Crippen LogP contribution in [0, 0.1) is 0 Å². The molecule has 0 spiro atoms. The zero-order valence-corrected chi connectivity index (χ0v) is 9.36. The summed E-state index contributed by atoms with van der Waals surface area (Å²) < 4.78 is 16.4. The topological polar surface area (TPSA) is 65.7 Å². The highest BCUT2D eigenvalue weighted by molar-refractivity contribution is 5.08. The molecular weight excluding hydrogens is 196 g/mol. The number of nitrogens with two attached hydrogens (primary N) is 1. The molecular formula is C10H20N2O3. The second-order valence-corrected chi connectivity index (χ2v) is 3.17. The standard InChI is InChI=1S/C10H20N2O3/c1-3-13-10(14-4-2)9(12-11)8-6-5-7-15-8/h6,9-10,12H,3-5,7,11H2,1-2H3. The molecule has 1 rings (SSSR count). The van der Waals surface area contributed by atoms with Crippen molar-refractivity contribution >= 4 is 0 Å². The smallest absolute Gasteiger partial charge is 0.181 e. The van der Waals surface area contributed by atoms with Crippen LogP contribution in [0.1, 0.15) is 20.3 Å².